The first kappa shape index (κ1) is 25.2. The zero-order valence-corrected chi connectivity index (χ0v) is 20.1. The number of aryl methyl sites for hydroxylation is 2. The highest BCUT2D eigenvalue weighted by Gasteiger charge is 2.24. The molecule has 0 aliphatic heterocycles. The number of anilines is 2. The summed E-state index contributed by atoms with van der Waals surface area (Å²) in [5.74, 6) is -0.697. The summed E-state index contributed by atoms with van der Waals surface area (Å²) in [5.41, 5.74) is 1.56. The zero-order chi connectivity index (χ0) is 25.0. The lowest BCUT2D eigenvalue weighted by atomic mass is 9.96. The highest BCUT2D eigenvalue weighted by Crippen LogP contribution is 2.27. The number of nitrogens with zero attached hydrogens (tertiary/aromatic N) is 2. The number of aromatic nitrogens is 2. The smallest absolute Gasteiger partial charge is 0.319 e. The molecule has 180 valence electrons. The number of carbonyl (C=O) groups excluding carboxylic acids is 2. The first-order chi connectivity index (χ1) is 16.0. The van der Waals surface area contributed by atoms with Gasteiger partial charge in [0.1, 0.15) is 17.5 Å². The summed E-state index contributed by atoms with van der Waals surface area (Å²) >= 11 is 6.31. The van der Waals surface area contributed by atoms with Crippen LogP contribution in [0.1, 0.15) is 36.8 Å². The van der Waals surface area contributed by atoms with Gasteiger partial charge in [0.15, 0.2) is 0 Å². The summed E-state index contributed by atoms with van der Waals surface area (Å²) in [6.45, 7) is 6.89. The molecular weight excluding hydrogens is 461 g/mol. The Hall–Kier alpha value is -3.43. The standard InChI is InChI=1S/C24H27ClFN5O3/c1-14-11-15(2)31(30-14)16(3)22(32)29-21-10-9-19(12-20(21)25)28-23(33)27-13-24(4,34)17-5-7-18(26)8-6-17/h5-12,16,34H,13H2,1-4H3,(H,29,32)(H2,27,28,33). The van der Waals surface area contributed by atoms with Gasteiger partial charge < -0.3 is 21.1 Å². The molecule has 0 saturated heterocycles. The van der Waals surface area contributed by atoms with Crippen molar-refractivity contribution in [2.24, 2.45) is 0 Å². The van der Waals surface area contributed by atoms with Crippen LogP contribution in [-0.4, -0.2) is 33.4 Å². The second kappa shape index (κ2) is 10.2. The third kappa shape index (κ3) is 6.12. The average molecular weight is 488 g/mol. The molecule has 3 aromatic rings. The summed E-state index contributed by atoms with van der Waals surface area (Å²) < 4.78 is 14.7. The third-order valence-corrected chi connectivity index (χ3v) is 5.65. The number of hydrogen-bond acceptors (Lipinski definition) is 4. The lowest BCUT2D eigenvalue weighted by Crippen LogP contribution is -2.40. The van der Waals surface area contributed by atoms with E-state index in [1.165, 1.54) is 37.3 Å². The number of amides is 3. The molecule has 3 rings (SSSR count). The van der Waals surface area contributed by atoms with Crippen molar-refractivity contribution in [3.05, 3.63) is 76.3 Å². The molecule has 0 fully saturated rings. The Labute approximate surface area is 202 Å². The molecule has 34 heavy (non-hydrogen) atoms. The number of halogens is 2. The molecule has 8 nitrogen and oxygen atoms in total. The van der Waals surface area contributed by atoms with Gasteiger partial charge in [-0.1, -0.05) is 23.7 Å². The second-order valence-electron chi connectivity index (χ2n) is 8.32. The van der Waals surface area contributed by atoms with E-state index in [1.807, 2.05) is 19.9 Å². The summed E-state index contributed by atoms with van der Waals surface area (Å²) in [6.07, 6.45) is 0. The fraction of sp³-hybridized carbons (Fsp3) is 0.292. The van der Waals surface area contributed by atoms with Gasteiger partial charge in [0.2, 0.25) is 5.91 Å². The Morgan fingerprint density at radius 1 is 1.15 bits per heavy atom. The van der Waals surface area contributed by atoms with Gasteiger partial charge in [0.25, 0.3) is 0 Å². The van der Waals surface area contributed by atoms with Gasteiger partial charge >= 0.3 is 6.03 Å². The largest absolute Gasteiger partial charge is 0.384 e. The number of nitrogens with one attached hydrogen (secondary N) is 3. The van der Waals surface area contributed by atoms with Crippen molar-refractivity contribution in [1.29, 1.82) is 0 Å². The van der Waals surface area contributed by atoms with Gasteiger partial charge in [-0.05, 0) is 69.7 Å². The lowest BCUT2D eigenvalue weighted by Gasteiger charge is -2.24. The zero-order valence-electron chi connectivity index (χ0n) is 19.3. The van der Waals surface area contributed by atoms with E-state index in [2.05, 4.69) is 21.0 Å². The lowest BCUT2D eigenvalue weighted by molar-refractivity contribution is -0.119. The fourth-order valence-electron chi connectivity index (χ4n) is 3.42. The van der Waals surface area contributed by atoms with Gasteiger partial charge in [0, 0.05) is 11.4 Å². The van der Waals surface area contributed by atoms with Crippen molar-refractivity contribution in [2.75, 3.05) is 17.2 Å². The number of aliphatic hydroxyl groups is 1. The summed E-state index contributed by atoms with van der Waals surface area (Å²) in [6, 6.07) is 10.9. The highest BCUT2D eigenvalue weighted by molar-refractivity contribution is 6.34. The molecule has 0 bridgehead atoms. The predicted octanol–water partition coefficient (Wildman–Crippen LogP) is 4.52. The number of urea groups is 1. The van der Waals surface area contributed by atoms with Crippen molar-refractivity contribution in [2.45, 2.75) is 39.3 Å². The molecule has 0 aliphatic carbocycles. The van der Waals surface area contributed by atoms with Crippen LogP contribution in [0.2, 0.25) is 5.02 Å². The van der Waals surface area contributed by atoms with Crippen LogP contribution in [0.5, 0.6) is 0 Å². The Bertz CT molecular complexity index is 1190. The average Bonchev–Trinajstić information content (AvgIpc) is 3.11. The molecular formula is C24H27ClFN5O3. The van der Waals surface area contributed by atoms with Gasteiger partial charge in [-0.25, -0.2) is 9.18 Å². The molecule has 2 aromatic carbocycles. The minimum atomic E-state index is -1.39. The Morgan fingerprint density at radius 2 is 1.82 bits per heavy atom. The Morgan fingerprint density at radius 3 is 2.41 bits per heavy atom. The Kier molecular flexibility index (Phi) is 7.58. The van der Waals surface area contributed by atoms with Crippen molar-refractivity contribution in [1.82, 2.24) is 15.1 Å². The van der Waals surface area contributed by atoms with E-state index in [-0.39, 0.29) is 17.5 Å². The summed E-state index contributed by atoms with van der Waals surface area (Å²) in [4.78, 5) is 24.9. The van der Waals surface area contributed by atoms with Gasteiger partial charge in [-0.2, -0.15) is 5.10 Å². The van der Waals surface area contributed by atoms with Crippen LogP contribution < -0.4 is 16.0 Å². The highest BCUT2D eigenvalue weighted by atomic mass is 35.5. The van der Waals surface area contributed by atoms with E-state index in [0.717, 1.165) is 11.4 Å². The summed E-state index contributed by atoms with van der Waals surface area (Å²) in [5, 5.41) is 23.1. The summed E-state index contributed by atoms with van der Waals surface area (Å²) in [7, 11) is 0. The third-order valence-electron chi connectivity index (χ3n) is 5.34. The van der Waals surface area contributed by atoms with E-state index < -0.39 is 23.5 Å². The van der Waals surface area contributed by atoms with Crippen LogP contribution in [0, 0.1) is 19.7 Å². The quantitative estimate of drug-likeness (QED) is 0.393. The van der Waals surface area contributed by atoms with Crippen LogP contribution >= 0.6 is 11.6 Å². The van der Waals surface area contributed by atoms with Crippen LogP contribution in [-0.2, 0) is 10.4 Å². The normalized spacial score (nSPS) is 13.6. The maximum absolute atomic E-state index is 13.1. The first-order valence-electron chi connectivity index (χ1n) is 10.6. The number of rotatable bonds is 7. The van der Waals surface area contributed by atoms with Crippen molar-refractivity contribution >= 4 is 34.9 Å². The molecule has 0 spiro atoms. The predicted molar refractivity (Wildman–Crippen MR) is 129 cm³/mol. The van der Waals surface area contributed by atoms with Gasteiger partial charge in [0.05, 0.1) is 22.9 Å². The van der Waals surface area contributed by atoms with Crippen LogP contribution in [0.3, 0.4) is 0 Å². The molecule has 10 heteroatoms. The van der Waals surface area contributed by atoms with Crippen molar-refractivity contribution < 1.29 is 19.1 Å². The number of benzene rings is 2. The molecule has 0 radical (unpaired) electrons. The minimum absolute atomic E-state index is 0.101. The topological polar surface area (TPSA) is 108 Å². The molecule has 0 aliphatic rings. The van der Waals surface area contributed by atoms with Gasteiger partial charge in [-0.3, -0.25) is 9.48 Å². The fourth-order valence-corrected chi connectivity index (χ4v) is 3.65. The number of carbonyl (C=O) groups is 2. The van der Waals surface area contributed by atoms with E-state index >= 15 is 0 Å². The van der Waals surface area contributed by atoms with Crippen molar-refractivity contribution in [3.63, 3.8) is 0 Å². The van der Waals surface area contributed by atoms with E-state index in [1.54, 1.807) is 23.7 Å². The SMILES string of the molecule is Cc1cc(C)n(C(C)C(=O)Nc2ccc(NC(=O)NCC(C)(O)c3ccc(F)cc3)cc2Cl)n1. The molecule has 4 N–H and O–H groups in total. The minimum Gasteiger partial charge on any atom is -0.384 e. The molecule has 3 amide bonds. The molecule has 2 atom stereocenters. The molecule has 0 saturated carbocycles. The van der Waals surface area contributed by atoms with E-state index in [4.69, 9.17) is 11.6 Å². The van der Waals surface area contributed by atoms with Crippen LogP contribution in [0.15, 0.2) is 48.5 Å². The Balaban J connectivity index is 1.58. The molecule has 2 unspecified atom stereocenters. The maximum Gasteiger partial charge on any atom is 0.319 e. The molecule has 1 aromatic heterocycles. The van der Waals surface area contributed by atoms with E-state index in [0.29, 0.717) is 16.9 Å². The number of hydrogen-bond donors (Lipinski definition) is 4. The van der Waals surface area contributed by atoms with E-state index in [9.17, 15) is 19.1 Å². The van der Waals surface area contributed by atoms with Gasteiger partial charge in [-0.15, -0.1) is 0 Å². The second-order valence-corrected chi connectivity index (χ2v) is 8.73. The van der Waals surface area contributed by atoms with Crippen LogP contribution in [0.25, 0.3) is 0 Å². The van der Waals surface area contributed by atoms with Crippen LogP contribution in [0.4, 0.5) is 20.6 Å². The van der Waals surface area contributed by atoms with Crippen molar-refractivity contribution in [3.8, 4) is 0 Å². The molecule has 1 heterocycles. The maximum atomic E-state index is 13.1. The first-order valence-corrected chi connectivity index (χ1v) is 11.0. The monoisotopic (exact) mass is 487 g/mol.